The minimum atomic E-state index is -1.33. The molecule has 0 heterocycles. The molecule has 34 heavy (non-hydrogen) atoms. The topological polar surface area (TPSA) is 231 Å². The molecule has 14 heteroatoms. The summed E-state index contributed by atoms with van der Waals surface area (Å²) in [6.07, 6.45) is 1.01. The fourth-order valence-corrected chi connectivity index (χ4v) is 3.26. The number of hydrogen-bond acceptors (Lipinski definition) is 8. The van der Waals surface area contributed by atoms with Crippen LogP contribution in [0.1, 0.15) is 46.0 Å². The van der Waals surface area contributed by atoms with Crippen LogP contribution >= 0.6 is 11.8 Å². The van der Waals surface area contributed by atoms with Crippen LogP contribution in [0.15, 0.2) is 0 Å². The van der Waals surface area contributed by atoms with E-state index in [4.69, 9.17) is 16.6 Å². The van der Waals surface area contributed by atoms with Gasteiger partial charge in [-0.2, -0.15) is 11.8 Å². The lowest BCUT2D eigenvalue weighted by Crippen LogP contribution is -2.58. The van der Waals surface area contributed by atoms with Crippen LogP contribution in [0.2, 0.25) is 0 Å². The van der Waals surface area contributed by atoms with Gasteiger partial charge in [0.25, 0.3) is 0 Å². The molecule has 0 saturated carbocycles. The molecular weight excluding hydrogens is 470 g/mol. The van der Waals surface area contributed by atoms with Crippen LogP contribution in [0.4, 0.5) is 0 Å². The molecule has 194 valence electrons. The highest BCUT2D eigenvalue weighted by molar-refractivity contribution is 7.98. The first-order valence-electron chi connectivity index (χ1n) is 10.7. The molecule has 0 aromatic heterocycles. The first-order chi connectivity index (χ1) is 15.8. The van der Waals surface area contributed by atoms with Gasteiger partial charge in [-0.3, -0.25) is 24.0 Å². The Balaban J connectivity index is 5.43. The van der Waals surface area contributed by atoms with Gasteiger partial charge in [-0.25, -0.2) is 4.79 Å². The summed E-state index contributed by atoms with van der Waals surface area (Å²) in [6, 6.07) is -4.78. The van der Waals surface area contributed by atoms with E-state index >= 15 is 0 Å². The number of nitrogens with one attached hydrogen (secondary N) is 3. The average Bonchev–Trinajstić information content (AvgIpc) is 2.74. The summed E-state index contributed by atoms with van der Waals surface area (Å²) in [6.45, 7) is 3.26. The third-order valence-corrected chi connectivity index (χ3v) is 5.43. The molecule has 0 radical (unpaired) electrons. The van der Waals surface area contributed by atoms with Crippen molar-refractivity contribution in [3.8, 4) is 0 Å². The summed E-state index contributed by atoms with van der Waals surface area (Å²) in [7, 11) is 0. The molecule has 0 aromatic rings. The number of aliphatic carboxylic acids is 2. The molecule has 0 aliphatic rings. The van der Waals surface area contributed by atoms with E-state index in [1.807, 2.05) is 0 Å². The minimum absolute atomic E-state index is 0.0713. The van der Waals surface area contributed by atoms with Gasteiger partial charge in [0.1, 0.15) is 18.1 Å². The maximum atomic E-state index is 12.9. The molecule has 13 nitrogen and oxygen atoms in total. The molecule has 0 saturated heterocycles. The van der Waals surface area contributed by atoms with Crippen molar-refractivity contribution in [2.45, 2.75) is 70.1 Å². The molecule has 0 aliphatic heterocycles. The molecule has 0 aromatic carbocycles. The second-order valence-corrected chi connectivity index (χ2v) is 9.00. The molecule has 9 N–H and O–H groups in total. The quantitative estimate of drug-likeness (QED) is 0.119. The van der Waals surface area contributed by atoms with Gasteiger partial charge in [0, 0.05) is 12.8 Å². The molecule has 4 amide bonds. The molecule has 0 aliphatic carbocycles. The van der Waals surface area contributed by atoms with Gasteiger partial charge in [-0.15, -0.1) is 0 Å². The summed E-state index contributed by atoms with van der Waals surface area (Å²) in [5.41, 5.74) is 10.7. The Hall–Kier alpha value is -2.87. The number of primary amides is 1. The third-order valence-electron chi connectivity index (χ3n) is 4.79. The highest BCUT2D eigenvalue weighted by Gasteiger charge is 2.32. The van der Waals surface area contributed by atoms with Gasteiger partial charge >= 0.3 is 11.9 Å². The number of rotatable bonds is 17. The normalized spacial score (nSPS) is 14.4. The Morgan fingerprint density at radius 2 is 1.41 bits per heavy atom. The summed E-state index contributed by atoms with van der Waals surface area (Å²) < 4.78 is 0. The van der Waals surface area contributed by atoms with Crippen molar-refractivity contribution >= 4 is 47.3 Å². The van der Waals surface area contributed by atoms with Crippen molar-refractivity contribution < 1.29 is 39.0 Å². The van der Waals surface area contributed by atoms with Crippen molar-refractivity contribution in [3.63, 3.8) is 0 Å². The van der Waals surface area contributed by atoms with E-state index in [0.717, 1.165) is 0 Å². The molecule has 0 spiro atoms. The van der Waals surface area contributed by atoms with E-state index in [-0.39, 0.29) is 25.7 Å². The number of carboxylic acids is 2. The summed E-state index contributed by atoms with van der Waals surface area (Å²) >= 11 is 1.42. The molecule has 0 rings (SSSR count). The van der Waals surface area contributed by atoms with E-state index < -0.39 is 72.1 Å². The number of carbonyl (C=O) groups excluding carboxylic acids is 4. The van der Waals surface area contributed by atoms with Gasteiger partial charge < -0.3 is 37.6 Å². The highest BCUT2D eigenvalue weighted by Crippen LogP contribution is 2.08. The number of nitrogens with two attached hydrogens (primary N) is 2. The van der Waals surface area contributed by atoms with Crippen molar-refractivity contribution in [2.75, 3.05) is 12.0 Å². The number of hydrogen-bond donors (Lipinski definition) is 7. The van der Waals surface area contributed by atoms with E-state index in [1.54, 1.807) is 20.1 Å². The fraction of sp³-hybridized carbons (Fsp3) is 0.700. The Morgan fingerprint density at radius 3 is 1.88 bits per heavy atom. The van der Waals surface area contributed by atoms with E-state index in [0.29, 0.717) is 5.75 Å². The largest absolute Gasteiger partial charge is 0.481 e. The summed E-state index contributed by atoms with van der Waals surface area (Å²) in [5.74, 6) is -5.39. The van der Waals surface area contributed by atoms with E-state index in [2.05, 4.69) is 16.0 Å². The van der Waals surface area contributed by atoms with Gasteiger partial charge in [-0.1, -0.05) is 13.8 Å². The average molecular weight is 506 g/mol. The SMILES string of the molecule is CSCCC(NC(=O)C(NC(=O)C(CCC(=O)O)NC(=O)C(N)CCC(N)=O)C(C)C)C(=O)O. The fourth-order valence-electron chi connectivity index (χ4n) is 2.79. The third kappa shape index (κ3) is 12.4. The minimum Gasteiger partial charge on any atom is -0.481 e. The zero-order valence-corrected chi connectivity index (χ0v) is 20.4. The zero-order chi connectivity index (χ0) is 26.4. The predicted molar refractivity (Wildman–Crippen MR) is 125 cm³/mol. The predicted octanol–water partition coefficient (Wildman–Crippen LogP) is -1.61. The first-order valence-corrected chi connectivity index (χ1v) is 12.1. The van der Waals surface area contributed by atoms with Crippen LogP contribution < -0.4 is 27.4 Å². The molecule has 0 bridgehead atoms. The van der Waals surface area contributed by atoms with Crippen LogP contribution in [-0.2, 0) is 28.8 Å². The molecule has 4 atom stereocenters. The van der Waals surface area contributed by atoms with Gasteiger partial charge in [0.05, 0.1) is 6.04 Å². The van der Waals surface area contributed by atoms with Crippen LogP contribution in [0, 0.1) is 5.92 Å². The van der Waals surface area contributed by atoms with E-state index in [9.17, 15) is 33.9 Å². The molecule has 4 unspecified atom stereocenters. The number of carbonyl (C=O) groups is 6. The smallest absolute Gasteiger partial charge is 0.326 e. The molecule has 0 fully saturated rings. The molecular formula is C20H35N5O8S. The first kappa shape index (κ1) is 31.1. The van der Waals surface area contributed by atoms with Crippen molar-refractivity contribution in [3.05, 3.63) is 0 Å². The van der Waals surface area contributed by atoms with Gasteiger partial charge in [-0.05, 0) is 37.2 Å². The Labute approximate surface area is 202 Å². The second-order valence-electron chi connectivity index (χ2n) is 8.02. The number of thioether (sulfide) groups is 1. The van der Waals surface area contributed by atoms with Crippen LogP contribution in [0.25, 0.3) is 0 Å². The Morgan fingerprint density at radius 1 is 0.824 bits per heavy atom. The second kappa shape index (κ2) is 15.9. The van der Waals surface area contributed by atoms with Crippen molar-refractivity contribution in [2.24, 2.45) is 17.4 Å². The van der Waals surface area contributed by atoms with Crippen molar-refractivity contribution in [1.29, 1.82) is 0 Å². The maximum absolute atomic E-state index is 12.9. The Kier molecular flexibility index (Phi) is 14.5. The summed E-state index contributed by atoms with van der Waals surface area (Å²) in [4.78, 5) is 71.2. The van der Waals surface area contributed by atoms with Gasteiger partial charge in [0.15, 0.2) is 0 Å². The lowest BCUT2D eigenvalue weighted by atomic mass is 10.0. The number of carboxylic acid groups (broad SMARTS) is 2. The van der Waals surface area contributed by atoms with Crippen LogP contribution in [0.3, 0.4) is 0 Å². The standard InChI is InChI=1S/C20H35N5O8S/c1-10(2)16(19(31)24-13(20(32)33)8-9-34-3)25-18(30)12(5-7-15(27)28)23-17(29)11(21)4-6-14(22)26/h10-13,16H,4-9,21H2,1-3H3,(H2,22,26)(H,23,29)(H,24,31)(H,25,30)(H,27,28)(H,32,33). The van der Waals surface area contributed by atoms with Gasteiger partial charge in [0.2, 0.25) is 23.6 Å². The maximum Gasteiger partial charge on any atom is 0.326 e. The lowest BCUT2D eigenvalue weighted by Gasteiger charge is -2.27. The highest BCUT2D eigenvalue weighted by atomic mass is 32.2. The van der Waals surface area contributed by atoms with E-state index in [1.165, 1.54) is 11.8 Å². The zero-order valence-electron chi connectivity index (χ0n) is 19.5. The number of amides is 4. The van der Waals surface area contributed by atoms with Crippen LogP contribution in [-0.4, -0.2) is 82.0 Å². The Bertz CT molecular complexity index is 748. The van der Waals surface area contributed by atoms with Crippen LogP contribution in [0.5, 0.6) is 0 Å². The monoisotopic (exact) mass is 505 g/mol. The van der Waals surface area contributed by atoms with Crippen molar-refractivity contribution in [1.82, 2.24) is 16.0 Å². The summed E-state index contributed by atoms with van der Waals surface area (Å²) in [5, 5.41) is 25.5. The lowest BCUT2D eigenvalue weighted by molar-refractivity contribution is -0.142.